The zero-order valence-electron chi connectivity index (χ0n) is 10.8. The molecule has 0 spiro atoms. The smallest absolute Gasteiger partial charge is 0.261 e. The normalized spacial score (nSPS) is 14.9. The van der Waals surface area contributed by atoms with Gasteiger partial charge in [-0.05, 0) is 24.6 Å². The molecule has 2 aromatic rings. The van der Waals surface area contributed by atoms with E-state index < -0.39 is 0 Å². The van der Waals surface area contributed by atoms with Gasteiger partial charge in [-0.1, -0.05) is 18.2 Å². The van der Waals surface area contributed by atoms with E-state index in [1.54, 1.807) is 12.3 Å². The highest BCUT2D eigenvalue weighted by Gasteiger charge is 2.23. The first kappa shape index (κ1) is 12.0. The van der Waals surface area contributed by atoms with E-state index >= 15 is 0 Å². The zero-order chi connectivity index (χ0) is 13.2. The molecule has 0 fully saturated rings. The predicted octanol–water partition coefficient (Wildman–Crippen LogP) is 2.34. The average Bonchev–Trinajstić information content (AvgIpc) is 2.74. The van der Waals surface area contributed by atoms with Gasteiger partial charge in [-0.3, -0.25) is 4.79 Å². The second-order valence-electron chi connectivity index (χ2n) is 4.65. The minimum Gasteiger partial charge on any atom is -0.469 e. The third-order valence-corrected chi connectivity index (χ3v) is 3.44. The number of furan rings is 1. The number of aryl methyl sites for hydroxylation is 1. The summed E-state index contributed by atoms with van der Waals surface area (Å²) in [7, 11) is 0. The number of amides is 1. The fraction of sp³-hybridized carbons (Fsp3) is 0.267. The van der Waals surface area contributed by atoms with Crippen LogP contribution in [-0.4, -0.2) is 19.0 Å². The molecule has 4 heteroatoms. The van der Waals surface area contributed by atoms with Gasteiger partial charge in [0.05, 0.1) is 11.8 Å². The third-order valence-electron chi connectivity index (χ3n) is 3.44. The molecule has 0 saturated heterocycles. The molecule has 0 aliphatic carbocycles. The third kappa shape index (κ3) is 2.15. The summed E-state index contributed by atoms with van der Waals surface area (Å²) >= 11 is 0. The van der Waals surface area contributed by atoms with Crippen molar-refractivity contribution in [3.05, 3.63) is 53.5 Å². The summed E-state index contributed by atoms with van der Waals surface area (Å²) in [5.41, 5.74) is 2.77. The molecule has 0 bridgehead atoms. The molecule has 1 amide bonds. The van der Waals surface area contributed by atoms with Gasteiger partial charge >= 0.3 is 0 Å². The van der Waals surface area contributed by atoms with Gasteiger partial charge < -0.3 is 14.6 Å². The first-order valence-corrected chi connectivity index (χ1v) is 6.42. The lowest BCUT2D eigenvalue weighted by molar-refractivity contribution is 0.0986. The monoisotopic (exact) mass is 256 g/mol. The molecular formula is C15H16N2O2. The Labute approximate surface area is 112 Å². The Balaban J connectivity index is 2.01. The van der Waals surface area contributed by atoms with E-state index in [9.17, 15) is 4.79 Å². The molecule has 1 aromatic carbocycles. The van der Waals surface area contributed by atoms with Crippen molar-refractivity contribution in [2.45, 2.75) is 13.5 Å². The van der Waals surface area contributed by atoms with E-state index in [0.717, 1.165) is 24.3 Å². The van der Waals surface area contributed by atoms with Crippen molar-refractivity contribution in [2.24, 2.45) is 0 Å². The molecule has 1 aliphatic heterocycles. The van der Waals surface area contributed by atoms with Gasteiger partial charge in [0.1, 0.15) is 5.76 Å². The Morgan fingerprint density at radius 2 is 2.16 bits per heavy atom. The number of rotatable bonds is 1. The lowest BCUT2D eigenvalue weighted by Crippen LogP contribution is -2.34. The minimum atomic E-state index is 0.00222. The van der Waals surface area contributed by atoms with E-state index in [1.807, 2.05) is 30.0 Å². The van der Waals surface area contributed by atoms with Crippen LogP contribution >= 0.6 is 0 Å². The first-order chi connectivity index (χ1) is 9.27. The van der Waals surface area contributed by atoms with Gasteiger partial charge in [-0.15, -0.1) is 0 Å². The first-order valence-electron chi connectivity index (χ1n) is 6.42. The van der Waals surface area contributed by atoms with Crippen molar-refractivity contribution in [1.29, 1.82) is 0 Å². The van der Waals surface area contributed by atoms with E-state index in [4.69, 9.17) is 4.42 Å². The minimum absolute atomic E-state index is 0.00222. The maximum atomic E-state index is 12.6. The fourth-order valence-electron chi connectivity index (χ4n) is 2.42. The van der Waals surface area contributed by atoms with Crippen molar-refractivity contribution in [3.63, 3.8) is 0 Å². The van der Waals surface area contributed by atoms with Crippen molar-refractivity contribution >= 4 is 11.6 Å². The van der Waals surface area contributed by atoms with E-state index in [-0.39, 0.29) is 5.91 Å². The van der Waals surface area contributed by atoms with Gasteiger partial charge in [0.2, 0.25) is 0 Å². The Hall–Kier alpha value is -2.07. The number of carbonyl (C=O) groups excluding carboxylic acids is 1. The summed E-state index contributed by atoms with van der Waals surface area (Å²) in [6, 6.07) is 9.74. The van der Waals surface area contributed by atoms with Crippen LogP contribution in [0.15, 0.2) is 41.0 Å². The van der Waals surface area contributed by atoms with Crippen molar-refractivity contribution < 1.29 is 9.21 Å². The highest BCUT2D eigenvalue weighted by atomic mass is 16.3. The second kappa shape index (κ2) is 4.90. The molecule has 98 valence electrons. The number of fused-ring (bicyclic) bond motifs is 1. The molecule has 19 heavy (non-hydrogen) atoms. The molecule has 0 unspecified atom stereocenters. The quantitative estimate of drug-likeness (QED) is 0.851. The SMILES string of the molecule is Cc1occc1C(=O)N1CCNCc2ccccc21. The van der Waals surface area contributed by atoms with Gasteiger partial charge in [-0.25, -0.2) is 0 Å². The Bertz CT molecular complexity index is 604. The van der Waals surface area contributed by atoms with Crippen LogP contribution in [0.1, 0.15) is 21.7 Å². The number of anilines is 1. The fourth-order valence-corrected chi connectivity index (χ4v) is 2.42. The Morgan fingerprint density at radius 1 is 1.32 bits per heavy atom. The summed E-state index contributed by atoms with van der Waals surface area (Å²) < 4.78 is 5.23. The summed E-state index contributed by atoms with van der Waals surface area (Å²) in [6.07, 6.45) is 1.56. The number of hydrogen-bond acceptors (Lipinski definition) is 3. The van der Waals surface area contributed by atoms with Crippen molar-refractivity contribution in [2.75, 3.05) is 18.0 Å². The van der Waals surface area contributed by atoms with Crippen molar-refractivity contribution in [1.82, 2.24) is 5.32 Å². The van der Waals surface area contributed by atoms with Gasteiger partial charge in [0.15, 0.2) is 0 Å². The van der Waals surface area contributed by atoms with Gasteiger partial charge in [0, 0.05) is 25.3 Å². The van der Waals surface area contributed by atoms with Crippen LogP contribution in [0.2, 0.25) is 0 Å². The highest BCUT2D eigenvalue weighted by molar-refractivity contribution is 6.07. The van der Waals surface area contributed by atoms with Crippen LogP contribution in [0.25, 0.3) is 0 Å². The number of benzene rings is 1. The molecule has 1 aromatic heterocycles. The van der Waals surface area contributed by atoms with E-state index in [1.165, 1.54) is 0 Å². The number of nitrogens with one attached hydrogen (secondary N) is 1. The standard InChI is InChI=1S/C15H16N2O2/c1-11-13(6-9-19-11)15(18)17-8-7-16-10-12-4-2-3-5-14(12)17/h2-6,9,16H,7-8,10H2,1H3. The molecule has 4 nitrogen and oxygen atoms in total. The van der Waals surface area contributed by atoms with Gasteiger partial charge in [0.25, 0.3) is 5.91 Å². The number of para-hydroxylation sites is 1. The summed E-state index contributed by atoms with van der Waals surface area (Å²) in [6.45, 7) is 4.07. The van der Waals surface area contributed by atoms with Crippen molar-refractivity contribution in [3.8, 4) is 0 Å². The maximum Gasteiger partial charge on any atom is 0.261 e. The Kier molecular flexibility index (Phi) is 3.09. The molecule has 0 radical (unpaired) electrons. The Morgan fingerprint density at radius 3 is 2.95 bits per heavy atom. The van der Waals surface area contributed by atoms with Crippen LogP contribution in [0.5, 0.6) is 0 Å². The van der Waals surface area contributed by atoms with Crippen LogP contribution in [0, 0.1) is 6.92 Å². The number of carbonyl (C=O) groups is 1. The predicted molar refractivity (Wildman–Crippen MR) is 73.3 cm³/mol. The van der Waals surface area contributed by atoms with Crippen LogP contribution in [-0.2, 0) is 6.54 Å². The number of nitrogens with zero attached hydrogens (tertiary/aromatic N) is 1. The van der Waals surface area contributed by atoms with E-state index in [2.05, 4.69) is 11.4 Å². The molecule has 1 N–H and O–H groups in total. The maximum absolute atomic E-state index is 12.6. The van der Waals surface area contributed by atoms with E-state index in [0.29, 0.717) is 17.9 Å². The second-order valence-corrected chi connectivity index (χ2v) is 4.65. The highest BCUT2D eigenvalue weighted by Crippen LogP contribution is 2.24. The van der Waals surface area contributed by atoms with Gasteiger partial charge in [-0.2, -0.15) is 0 Å². The lowest BCUT2D eigenvalue weighted by Gasteiger charge is -2.22. The molecule has 0 saturated carbocycles. The molecular weight excluding hydrogens is 240 g/mol. The molecule has 0 atom stereocenters. The summed E-state index contributed by atoms with van der Waals surface area (Å²) in [5, 5.41) is 3.33. The van der Waals surface area contributed by atoms with Crippen LogP contribution < -0.4 is 10.2 Å². The number of hydrogen-bond donors (Lipinski definition) is 1. The summed E-state index contributed by atoms with van der Waals surface area (Å²) in [5.74, 6) is 0.669. The molecule has 3 rings (SSSR count). The summed E-state index contributed by atoms with van der Waals surface area (Å²) in [4.78, 5) is 14.5. The molecule has 1 aliphatic rings. The largest absolute Gasteiger partial charge is 0.469 e. The topological polar surface area (TPSA) is 45.5 Å². The van der Waals surface area contributed by atoms with Crippen LogP contribution in [0.3, 0.4) is 0 Å². The average molecular weight is 256 g/mol. The lowest BCUT2D eigenvalue weighted by atomic mass is 10.1. The van der Waals surface area contributed by atoms with Crippen LogP contribution in [0.4, 0.5) is 5.69 Å². The zero-order valence-corrected chi connectivity index (χ0v) is 10.8. The molecule has 2 heterocycles.